The molecular formula is C33H50F2N6OS. The number of aromatic amines is 1. The van der Waals surface area contributed by atoms with Gasteiger partial charge in [-0.05, 0) is 43.1 Å². The summed E-state index contributed by atoms with van der Waals surface area (Å²) >= 11 is 4.27. The molecule has 5 N–H and O–H groups in total. The number of likely N-dealkylation sites (N-methyl/N-ethyl adjacent to an activating group) is 1. The molecule has 1 aromatic heterocycles. The summed E-state index contributed by atoms with van der Waals surface area (Å²) in [5, 5.41) is 8.32. The highest BCUT2D eigenvalue weighted by molar-refractivity contribution is 7.78. The molecule has 10 heteroatoms. The Balaban J connectivity index is 0.000000813. The third kappa shape index (κ3) is 12.3. The first-order valence-corrected chi connectivity index (χ1v) is 15.6. The molecule has 0 spiro atoms. The molecule has 1 aliphatic heterocycles. The highest BCUT2D eigenvalue weighted by Crippen LogP contribution is 2.28. The zero-order valence-electron chi connectivity index (χ0n) is 26.6. The van der Waals surface area contributed by atoms with Crippen LogP contribution in [0.4, 0.5) is 20.2 Å². The molecule has 3 aromatic rings. The van der Waals surface area contributed by atoms with Crippen molar-refractivity contribution in [1.82, 2.24) is 15.2 Å². The standard InChI is InChI=1S/C24H28F2N6O.C5H12.C2H4S.C2H6/c1-28-14-17(27)15-29-18-11-20(25)24(21(26)12-18)32-8-6-31(7-9-32)23(33)10-16-13-30-22-5-3-2-4-19(16)22;1-3-5-4-2;1-2-3;1-2/h2-5,11-13,15,28-30H,6-10,14,27H2,1H3;3-5H2,1-2H3;2H,1H3;1-2H3/b17-15-;;;. The minimum Gasteiger partial charge on any atom is -0.400 e. The van der Waals surface area contributed by atoms with Crippen LogP contribution in [-0.2, 0) is 11.2 Å². The Morgan fingerprint density at radius 3 is 2.19 bits per heavy atom. The largest absolute Gasteiger partial charge is 0.400 e. The second-order valence-electron chi connectivity index (χ2n) is 9.68. The summed E-state index contributed by atoms with van der Waals surface area (Å²) in [6, 6.07) is 10.3. The fraction of sp³-hybridized carbons (Fsp3) is 0.455. The number of hydrogen-bond donors (Lipinski definition) is 4. The van der Waals surface area contributed by atoms with Crippen molar-refractivity contribution >= 4 is 45.8 Å². The molecule has 238 valence electrons. The fourth-order valence-corrected chi connectivity index (χ4v) is 4.47. The third-order valence-electron chi connectivity index (χ3n) is 6.49. The van der Waals surface area contributed by atoms with Crippen LogP contribution in [0.25, 0.3) is 10.9 Å². The van der Waals surface area contributed by atoms with Crippen molar-refractivity contribution in [3.63, 3.8) is 0 Å². The number of para-hydroxylation sites is 1. The molecule has 0 saturated carbocycles. The minimum atomic E-state index is -0.656. The molecule has 2 heterocycles. The van der Waals surface area contributed by atoms with Crippen LogP contribution < -0.4 is 21.3 Å². The van der Waals surface area contributed by atoms with Crippen LogP contribution in [0.15, 0.2) is 54.5 Å². The molecule has 0 unspecified atom stereocenters. The van der Waals surface area contributed by atoms with Gasteiger partial charge < -0.3 is 31.2 Å². The van der Waals surface area contributed by atoms with E-state index in [1.165, 1.54) is 37.6 Å². The second-order valence-corrected chi connectivity index (χ2v) is 10.1. The van der Waals surface area contributed by atoms with E-state index in [9.17, 15) is 13.6 Å². The van der Waals surface area contributed by atoms with Crippen molar-refractivity contribution in [3.8, 4) is 0 Å². The quantitative estimate of drug-likeness (QED) is 0.194. The summed E-state index contributed by atoms with van der Waals surface area (Å²) in [5.41, 5.74) is 8.43. The molecule has 1 fully saturated rings. The van der Waals surface area contributed by atoms with E-state index in [4.69, 9.17) is 5.73 Å². The lowest BCUT2D eigenvalue weighted by molar-refractivity contribution is -0.130. The molecule has 4 rings (SSSR count). The first-order valence-electron chi connectivity index (χ1n) is 15.1. The lowest BCUT2D eigenvalue weighted by Gasteiger charge is -2.36. The number of thiocarbonyl (C=S) groups is 1. The van der Waals surface area contributed by atoms with Crippen molar-refractivity contribution < 1.29 is 13.6 Å². The Morgan fingerprint density at radius 2 is 1.65 bits per heavy atom. The highest BCUT2D eigenvalue weighted by Gasteiger charge is 2.26. The summed E-state index contributed by atoms with van der Waals surface area (Å²) in [6.45, 7) is 12.2. The molecule has 1 amide bonds. The lowest BCUT2D eigenvalue weighted by atomic mass is 10.1. The van der Waals surface area contributed by atoms with Crippen LogP contribution in [0.5, 0.6) is 0 Å². The fourth-order valence-electron chi connectivity index (χ4n) is 4.47. The average molecular weight is 617 g/mol. The number of unbranched alkanes of at least 4 members (excludes halogenated alkanes) is 2. The van der Waals surface area contributed by atoms with E-state index in [1.807, 2.05) is 51.2 Å². The smallest absolute Gasteiger partial charge is 0.227 e. The topological polar surface area (TPSA) is 89.4 Å². The van der Waals surface area contributed by atoms with Gasteiger partial charge in [-0.3, -0.25) is 4.79 Å². The number of aromatic nitrogens is 1. The van der Waals surface area contributed by atoms with Gasteiger partial charge in [0.1, 0.15) is 5.69 Å². The van der Waals surface area contributed by atoms with Crippen molar-refractivity contribution in [1.29, 1.82) is 0 Å². The van der Waals surface area contributed by atoms with Gasteiger partial charge in [-0.25, -0.2) is 8.78 Å². The summed E-state index contributed by atoms with van der Waals surface area (Å²) in [7, 11) is 1.75. The van der Waals surface area contributed by atoms with Gasteiger partial charge in [0.2, 0.25) is 5.91 Å². The number of nitrogens with zero attached hydrogens (tertiary/aromatic N) is 2. The number of nitrogens with two attached hydrogens (primary N) is 1. The maximum atomic E-state index is 14.8. The van der Waals surface area contributed by atoms with E-state index in [-0.39, 0.29) is 23.7 Å². The Kier molecular flexibility index (Phi) is 18.5. The predicted molar refractivity (Wildman–Crippen MR) is 183 cm³/mol. The van der Waals surface area contributed by atoms with Crippen molar-refractivity contribution in [2.45, 2.75) is 60.3 Å². The van der Waals surface area contributed by atoms with Gasteiger partial charge in [0.05, 0.1) is 6.42 Å². The first kappa shape index (κ1) is 37.5. The van der Waals surface area contributed by atoms with Gasteiger partial charge in [0.25, 0.3) is 0 Å². The number of H-pyrrole nitrogens is 1. The molecular weight excluding hydrogens is 566 g/mol. The van der Waals surface area contributed by atoms with E-state index in [1.54, 1.807) is 22.2 Å². The number of piperazine rings is 1. The van der Waals surface area contributed by atoms with Crippen LogP contribution in [0.2, 0.25) is 0 Å². The number of benzene rings is 2. The monoisotopic (exact) mass is 616 g/mol. The summed E-state index contributed by atoms with van der Waals surface area (Å²) in [6.07, 6.45) is 7.73. The Morgan fingerprint density at radius 1 is 1.07 bits per heavy atom. The van der Waals surface area contributed by atoms with Gasteiger partial charge in [-0.1, -0.05) is 77.4 Å². The molecule has 43 heavy (non-hydrogen) atoms. The first-order chi connectivity index (χ1) is 20.8. The number of halogens is 2. The summed E-state index contributed by atoms with van der Waals surface area (Å²) in [4.78, 5) is 19.4. The van der Waals surface area contributed by atoms with Crippen LogP contribution >= 0.6 is 12.2 Å². The lowest BCUT2D eigenvalue weighted by Crippen LogP contribution is -2.49. The summed E-state index contributed by atoms with van der Waals surface area (Å²) < 4.78 is 29.5. The SMILES string of the molecule is CC.CC=S.CCCCC.CNC/C(N)=C/Nc1cc(F)c(N2CCN(C(=O)Cc3c[nH]c4ccccc34)CC2)c(F)c1. The zero-order chi connectivity index (χ0) is 32.2. The number of amides is 1. The summed E-state index contributed by atoms with van der Waals surface area (Å²) in [5.74, 6) is -1.31. The van der Waals surface area contributed by atoms with E-state index < -0.39 is 11.6 Å². The molecule has 0 bridgehead atoms. The van der Waals surface area contributed by atoms with Crippen molar-refractivity contribution in [2.75, 3.05) is 50.0 Å². The number of carbonyl (C=O) groups excluding carboxylic acids is 1. The maximum absolute atomic E-state index is 14.8. The second kappa shape index (κ2) is 21.2. The minimum absolute atomic E-state index is 0.00541. The van der Waals surface area contributed by atoms with Crippen LogP contribution in [0.3, 0.4) is 0 Å². The molecule has 0 atom stereocenters. The van der Waals surface area contributed by atoms with Crippen LogP contribution in [0, 0.1) is 11.6 Å². The molecule has 1 saturated heterocycles. The van der Waals surface area contributed by atoms with Crippen molar-refractivity contribution in [3.05, 3.63) is 71.7 Å². The Bertz CT molecular complexity index is 1250. The van der Waals surface area contributed by atoms with E-state index in [0.717, 1.165) is 16.5 Å². The number of rotatable bonds is 9. The highest BCUT2D eigenvalue weighted by atomic mass is 32.1. The number of nitrogens with one attached hydrogen (secondary N) is 3. The molecule has 2 aromatic carbocycles. The molecule has 7 nitrogen and oxygen atoms in total. The van der Waals surface area contributed by atoms with Crippen LogP contribution in [0.1, 0.15) is 59.4 Å². The van der Waals surface area contributed by atoms with Gasteiger partial charge in [-0.2, -0.15) is 0 Å². The normalized spacial score (nSPS) is 12.7. The number of fused-ring (bicyclic) bond motifs is 1. The molecule has 0 radical (unpaired) electrons. The van der Waals surface area contributed by atoms with Gasteiger partial charge in [0, 0.05) is 67.4 Å². The predicted octanol–water partition coefficient (Wildman–Crippen LogP) is 7.00. The number of carbonyl (C=O) groups is 1. The maximum Gasteiger partial charge on any atom is 0.227 e. The molecule has 0 aliphatic carbocycles. The van der Waals surface area contributed by atoms with Crippen LogP contribution in [-0.4, -0.2) is 60.9 Å². The van der Waals surface area contributed by atoms with Gasteiger partial charge >= 0.3 is 0 Å². The zero-order valence-corrected chi connectivity index (χ0v) is 27.4. The number of anilines is 2. The Hall–Kier alpha value is -3.50. The van der Waals surface area contributed by atoms with E-state index in [0.29, 0.717) is 38.4 Å². The van der Waals surface area contributed by atoms with E-state index in [2.05, 4.69) is 41.7 Å². The Labute approximate surface area is 261 Å². The third-order valence-corrected chi connectivity index (χ3v) is 6.49. The van der Waals surface area contributed by atoms with E-state index >= 15 is 0 Å². The number of hydrogen-bond acceptors (Lipinski definition) is 6. The molecule has 1 aliphatic rings. The average Bonchev–Trinajstić information content (AvgIpc) is 3.41. The van der Waals surface area contributed by atoms with Gasteiger partial charge in [-0.15, -0.1) is 0 Å². The van der Waals surface area contributed by atoms with Crippen molar-refractivity contribution in [2.24, 2.45) is 5.73 Å². The van der Waals surface area contributed by atoms with Gasteiger partial charge in [0.15, 0.2) is 11.6 Å².